The van der Waals surface area contributed by atoms with Crippen LogP contribution in [0.2, 0.25) is 5.02 Å². The maximum atomic E-state index is 13.9. The molecule has 1 N–H and O–H groups in total. The maximum Gasteiger partial charge on any atom is 0.223 e. The van der Waals surface area contributed by atoms with Gasteiger partial charge in [-0.2, -0.15) is 0 Å². The highest BCUT2D eigenvalue weighted by atomic mass is 35.5. The molecule has 4 nitrogen and oxygen atoms in total. The van der Waals surface area contributed by atoms with Crippen LogP contribution in [0.3, 0.4) is 0 Å². The molecule has 1 fully saturated rings. The molecule has 27 heavy (non-hydrogen) atoms. The van der Waals surface area contributed by atoms with Crippen molar-refractivity contribution in [2.45, 2.75) is 25.9 Å². The quantitative estimate of drug-likeness (QED) is 0.810. The Kier molecular flexibility index (Phi) is 6.69. The number of halogens is 2. The van der Waals surface area contributed by atoms with E-state index >= 15 is 0 Å². The third kappa shape index (κ3) is 5.21. The molecule has 0 atom stereocenters. The molecule has 144 valence electrons. The van der Waals surface area contributed by atoms with Crippen LogP contribution < -0.4 is 10.1 Å². The summed E-state index contributed by atoms with van der Waals surface area (Å²) in [4.78, 5) is 14.6. The van der Waals surface area contributed by atoms with E-state index in [4.69, 9.17) is 16.3 Å². The monoisotopic (exact) mass is 390 g/mol. The molecule has 1 aliphatic rings. The summed E-state index contributed by atoms with van der Waals surface area (Å²) < 4.78 is 19.1. The molecule has 0 aliphatic carbocycles. The van der Waals surface area contributed by atoms with Crippen molar-refractivity contribution < 1.29 is 13.9 Å². The average Bonchev–Trinajstić information content (AvgIpc) is 2.70. The van der Waals surface area contributed by atoms with Gasteiger partial charge in [0.05, 0.1) is 7.11 Å². The van der Waals surface area contributed by atoms with E-state index in [2.05, 4.69) is 10.2 Å². The SMILES string of the molecule is COc1ccc(CNC(=O)C2CCN(Cc3c(F)cccc3Cl)CC2)cc1. The van der Waals surface area contributed by atoms with Gasteiger partial charge in [-0.3, -0.25) is 9.69 Å². The minimum absolute atomic E-state index is 0.00408. The predicted octanol–water partition coefficient (Wildman–Crippen LogP) is 4.02. The van der Waals surface area contributed by atoms with E-state index < -0.39 is 0 Å². The fourth-order valence-corrected chi connectivity index (χ4v) is 3.56. The number of rotatable bonds is 6. The number of carbonyl (C=O) groups excluding carboxylic acids is 1. The van der Waals surface area contributed by atoms with Crippen molar-refractivity contribution in [3.63, 3.8) is 0 Å². The Morgan fingerprint density at radius 2 is 1.93 bits per heavy atom. The Hall–Kier alpha value is -2.11. The molecular formula is C21H24ClFN2O2. The Morgan fingerprint density at radius 1 is 1.22 bits per heavy atom. The second-order valence-corrected chi connectivity index (χ2v) is 7.22. The Bertz CT molecular complexity index is 754. The molecule has 0 radical (unpaired) electrons. The number of ether oxygens (including phenoxy) is 1. The standard InChI is InChI=1S/C21H24ClFN2O2/c1-27-17-7-5-15(6-8-17)13-24-21(26)16-9-11-25(12-10-16)14-18-19(22)3-2-4-20(18)23/h2-8,16H,9-14H2,1H3,(H,24,26). The van der Waals surface area contributed by atoms with Gasteiger partial charge in [0.2, 0.25) is 5.91 Å². The zero-order chi connectivity index (χ0) is 19.2. The van der Waals surface area contributed by atoms with Crippen LogP contribution in [-0.4, -0.2) is 31.0 Å². The van der Waals surface area contributed by atoms with E-state index in [1.807, 2.05) is 24.3 Å². The van der Waals surface area contributed by atoms with Crippen LogP contribution >= 0.6 is 11.6 Å². The molecule has 6 heteroatoms. The number of nitrogens with zero attached hydrogens (tertiary/aromatic N) is 1. The molecule has 0 unspecified atom stereocenters. The third-order valence-corrected chi connectivity index (χ3v) is 5.38. The first-order valence-corrected chi connectivity index (χ1v) is 9.50. The minimum atomic E-state index is -0.276. The summed E-state index contributed by atoms with van der Waals surface area (Å²) in [5, 5.41) is 3.46. The van der Waals surface area contributed by atoms with Gasteiger partial charge in [-0.1, -0.05) is 29.8 Å². The van der Waals surface area contributed by atoms with Gasteiger partial charge in [0.25, 0.3) is 0 Å². The molecule has 1 aliphatic heterocycles. The van der Waals surface area contributed by atoms with Gasteiger partial charge in [-0.25, -0.2) is 4.39 Å². The Balaban J connectivity index is 1.46. The summed E-state index contributed by atoms with van der Waals surface area (Å²) in [6.45, 7) is 2.50. The predicted molar refractivity (Wildman–Crippen MR) is 104 cm³/mol. The first-order valence-electron chi connectivity index (χ1n) is 9.12. The summed E-state index contributed by atoms with van der Waals surface area (Å²) >= 11 is 6.11. The summed E-state index contributed by atoms with van der Waals surface area (Å²) in [6, 6.07) is 12.4. The molecular weight excluding hydrogens is 367 g/mol. The summed E-state index contributed by atoms with van der Waals surface area (Å²) in [5.74, 6) is 0.597. The van der Waals surface area contributed by atoms with Gasteiger partial charge in [0, 0.05) is 29.6 Å². The molecule has 1 saturated heterocycles. The first-order chi connectivity index (χ1) is 13.1. The van der Waals surface area contributed by atoms with Crippen molar-refractivity contribution in [1.82, 2.24) is 10.2 Å². The van der Waals surface area contributed by atoms with Crippen LogP contribution in [-0.2, 0) is 17.9 Å². The number of piperidine rings is 1. The fraction of sp³-hybridized carbons (Fsp3) is 0.381. The third-order valence-electron chi connectivity index (χ3n) is 5.03. The number of amides is 1. The van der Waals surface area contributed by atoms with Gasteiger partial charge in [0.1, 0.15) is 11.6 Å². The molecule has 2 aromatic carbocycles. The lowest BCUT2D eigenvalue weighted by Gasteiger charge is -2.31. The normalized spacial score (nSPS) is 15.5. The largest absolute Gasteiger partial charge is 0.497 e. The van der Waals surface area contributed by atoms with Crippen molar-refractivity contribution in [3.8, 4) is 5.75 Å². The second-order valence-electron chi connectivity index (χ2n) is 6.82. The number of likely N-dealkylation sites (tertiary alicyclic amines) is 1. The lowest BCUT2D eigenvalue weighted by molar-refractivity contribution is -0.126. The number of hydrogen-bond acceptors (Lipinski definition) is 3. The average molecular weight is 391 g/mol. The van der Waals surface area contributed by atoms with E-state index in [1.165, 1.54) is 6.07 Å². The topological polar surface area (TPSA) is 41.6 Å². The van der Waals surface area contributed by atoms with Gasteiger partial charge in [-0.15, -0.1) is 0 Å². The van der Waals surface area contributed by atoms with Crippen molar-refractivity contribution in [1.29, 1.82) is 0 Å². The second kappa shape index (κ2) is 9.20. The van der Waals surface area contributed by atoms with Crippen molar-refractivity contribution in [2.75, 3.05) is 20.2 Å². The molecule has 0 saturated carbocycles. The number of carbonyl (C=O) groups is 1. The molecule has 0 spiro atoms. The highest BCUT2D eigenvalue weighted by molar-refractivity contribution is 6.31. The van der Waals surface area contributed by atoms with Crippen molar-refractivity contribution in [2.24, 2.45) is 5.92 Å². The maximum absolute atomic E-state index is 13.9. The van der Waals surface area contributed by atoms with Crippen LogP contribution in [0.15, 0.2) is 42.5 Å². The van der Waals surface area contributed by atoms with Crippen molar-refractivity contribution >= 4 is 17.5 Å². The number of nitrogens with one attached hydrogen (secondary N) is 1. The highest BCUT2D eigenvalue weighted by Gasteiger charge is 2.25. The lowest BCUT2D eigenvalue weighted by atomic mass is 9.95. The Labute approximate surface area is 164 Å². The molecule has 2 aromatic rings. The van der Waals surface area contributed by atoms with E-state index in [1.54, 1.807) is 19.2 Å². The lowest BCUT2D eigenvalue weighted by Crippen LogP contribution is -2.40. The first kappa shape index (κ1) is 19.6. The number of methoxy groups -OCH3 is 1. The molecule has 0 bridgehead atoms. The van der Waals surface area contributed by atoms with Gasteiger partial charge in [-0.05, 0) is 55.8 Å². The number of hydrogen-bond donors (Lipinski definition) is 1. The Morgan fingerprint density at radius 3 is 2.56 bits per heavy atom. The fourth-order valence-electron chi connectivity index (χ4n) is 3.34. The van der Waals surface area contributed by atoms with E-state index in [0.717, 1.165) is 37.2 Å². The molecule has 1 amide bonds. The summed E-state index contributed by atoms with van der Waals surface area (Å²) in [6.07, 6.45) is 1.53. The van der Waals surface area contributed by atoms with Crippen LogP contribution in [0.5, 0.6) is 5.75 Å². The van der Waals surface area contributed by atoms with Gasteiger partial charge in [0.15, 0.2) is 0 Å². The van der Waals surface area contributed by atoms with Crippen LogP contribution in [0.1, 0.15) is 24.0 Å². The van der Waals surface area contributed by atoms with E-state index in [9.17, 15) is 9.18 Å². The van der Waals surface area contributed by atoms with Crippen LogP contribution in [0.4, 0.5) is 4.39 Å². The van der Waals surface area contributed by atoms with E-state index in [0.29, 0.717) is 23.7 Å². The summed E-state index contributed by atoms with van der Waals surface area (Å²) in [7, 11) is 1.63. The van der Waals surface area contributed by atoms with Gasteiger partial charge < -0.3 is 10.1 Å². The number of benzene rings is 2. The summed E-state index contributed by atoms with van der Waals surface area (Å²) in [5.41, 5.74) is 1.57. The van der Waals surface area contributed by atoms with Crippen LogP contribution in [0, 0.1) is 11.7 Å². The zero-order valence-corrected chi connectivity index (χ0v) is 16.1. The zero-order valence-electron chi connectivity index (χ0n) is 15.4. The van der Waals surface area contributed by atoms with Gasteiger partial charge >= 0.3 is 0 Å². The van der Waals surface area contributed by atoms with E-state index in [-0.39, 0.29) is 17.6 Å². The smallest absolute Gasteiger partial charge is 0.223 e. The molecule has 3 rings (SSSR count). The van der Waals surface area contributed by atoms with Crippen LogP contribution in [0.25, 0.3) is 0 Å². The van der Waals surface area contributed by atoms with Crippen molar-refractivity contribution in [3.05, 3.63) is 64.4 Å². The molecule has 1 heterocycles. The highest BCUT2D eigenvalue weighted by Crippen LogP contribution is 2.24. The molecule has 0 aromatic heterocycles. The minimum Gasteiger partial charge on any atom is -0.497 e.